The van der Waals surface area contributed by atoms with E-state index in [1.807, 2.05) is 32.0 Å². The Hall–Kier alpha value is -1.51. The van der Waals surface area contributed by atoms with Crippen molar-refractivity contribution in [2.75, 3.05) is 11.6 Å². The molecule has 2 rings (SSSR count). The molecule has 0 saturated carbocycles. The number of carbonyl (C=O) groups excluding carboxylic acids is 1. The van der Waals surface area contributed by atoms with Crippen LogP contribution in [-0.4, -0.2) is 18.1 Å². The van der Waals surface area contributed by atoms with Crippen LogP contribution in [0.4, 0.5) is 5.69 Å². The fourth-order valence-electron chi connectivity index (χ4n) is 3.27. The third-order valence-corrected chi connectivity index (χ3v) is 4.04. The average Bonchev–Trinajstić information content (AvgIpc) is 2.80. The number of para-hydroxylation sites is 1. The Balaban J connectivity index is 0.000000956. The quantitative estimate of drug-likeness (QED) is 0.914. The van der Waals surface area contributed by atoms with Gasteiger partial charge in [-0.3, -0.25) is 4.79 Å². The lowest BCUT2D eigenvalue weighted by Crippen LogP contribution is -2.57. The molecule has 0 radical (unpaired) electrons. The fourth-order valence-corrected chi connectivity index (χ4v) is 3.27. The molecule has 1 aliphatic rings. The van der Waals surface area contributed by atoms with Gasteiger partial charge >= 0.3 is 0 Å². The largest absolute Gasteiger partial charge is 0.339 e. The Morgan fingerprint density at radius 1 is 1.05 bits per heavy atom. The van der Waals surface area contributed by atoms with Gasteiger partial charge in [0.05, 0.1) is 6.67 Å². The zero-order valence-corrected chi connectivity index (χ0v) is 13.6. The summed E-state index contributed by atoms with van der Waals surface area (Å²) in [5.41, 5.74) is 0.666. The summed E-state index contributed by atoms with van der Waals surface area (Å²) < 4.78 is 0. The molecule has 3 nitrogen and oxygen atoms in total. The number of benzene rings is 1. The second-order valence-electron chi connectivity index (χ2n) is 5.56. The molecule has 1 heterocycles. The molecule has 0 spiro atoms. The predicted octanol–water partition coefficient (Wildman–Crippen LogP) is 3.66. The maximum atomic E-state index is 12.4. The van der Waals surface area contributed by atoms with E-state index < -0.39 is 5.54 Å². The Morgan fingerprint density at radius 3 is 2.00 bits per heavy atom. The third-order valence-electron chi connectivity index (χ3n) is 4.04. The highest BCUT2D eigenvalue weighted by Crippen LogP contribution is 2.39. The summed E-state index contributed by atoms with van der Waals surface area (Å²) in [7, 11) is 0. The van der Waals surface area contributed by atoms with E-state index in [0.29, 0.717) is 6.67 Å². The molecular weight excluding hydrogens is 248 g/mol. The minimum atomic E-state index is -0.443. The summed E-state index contributed by atoms with van der Waals surface area (Å²) in [5, 5.41) is 3.01. The zero-order chi connectivity index (χ0) is 15.3. The molecule has 3 heteroatoms. The van der Waals surface area contributed by atoms with Gasteiger partial charge in [-0.25, -0.2) is 0 Å². The standard InChI is InChI=1S/C15H22N2O.C2H6/c1-11(2)15(12(3)4)14(18)16-10-17(15)13-8-6-5-7-9-13;1-2/h5-9,11-12H,10H2,1-4H3,(H,16,18);1-2H3. The van der Waals surface area contributed by atoms with Crippen LogP contribution < -0.4 is 10.2 Å². The van der Waals surface area contributed by atoms with Crippen molar-refractivity contribution in [1.82, 2.24) is 5.32 Å². The van der Waals surface area contributed by atoms with Gasteiger partial charge in [-0.05, 0) is 24.0 Å². The first kappa shape index (κ1) is 16.5. The summed E-state index contributed by atoms with van der Waals surface area (Å²) in [5.74, 6) is 0.678. The van der Waals surface area contributed by atoms with Gasteiger partial charge in [0.2, 0.25) is 5.91 Å². The molecule has 0 atom stereocenters. The molecule has 1 aromatic rings. The first-order chi connectivity index (χ1) is 9.51. The highest BCUT2D eigenvalue weighted by atomic mass is 16.2. The molecule has 1 fully saturated rings. The Bertz CT molecular complexity index is 418. The van der Waals surface area contributed by atoms with Crippen molar-refractivity contribution in [3.8, 4) is 0 Å². The SMILES string of the molecule is CC.CC(C)C1(C(C)C)C(=O)NCN1c1ccccc1. The molecule has 112 valence electrons. The van der Waals surface area contributed by atoms with Crippen molar-refractivity contribution in [2.24, 2.45) is 11.8 Å². The fraction of sp³-hybridized carbons (Fsp3) is 0.588. The highest BCUT2D eigenvalue weighted by Gasteiger charge is 2.53. The van der Waals surface area contributed by atoms with E-state index in [0.717, 1.165) is 5.69 Å². The number of carbonyl (C=O) groups is 1. The zero-order valence-electron chi connectivity index (χ0n) is 13.6. The van der Waals surface area contributed by atoms with E-state index in [-0.39, 0.29) is 17.7 Å². The molecule has 1 N–H and O–H groups in total. The number of nitrogens with one attached hydrogen (secondary N) is 1. The number of nitrogens with zero attached hydrogens (tertiary/aromatic N) is 1. The second kappa shape index (κ2) is 6.78. The lowest BCUT2D eigenvalue weighted by molar-refractivity contribution is -0.126. The van der Waals surface area contributed by atoms with E-state index in [1.54, 1.807) is 0 Å². The van der Waals surface area contributed by atoms with Crippen LogP contribution >= 0.6 is 0 Å². The maximum Gasteiger partial charge on any atom is 0.247 e. The van der Waals surface area contributed by atoms with E-state index in [2.05, 4.69) is 50.0 Å². The van der Waals surface area contributed by atoms with Gasteiger partial charge in [-0.1, -0.05) is 59.7 Å². The van der Waals surface area contributed by atoms with Gasteiger partial charge in [0.25, 0.3) is 0 Å². The van der Waals surface area contributed by atoms with Crippen molar-refractivity contribution < 1.29 is 4.79 Å². The van der Waals surface area contributed by atoms with Crippen LogP contribution in [0, 0.1) is 11.8 Å². The Labute approximate surface area is 123 Å². The third kappa shape index (κ3) is 2.54. The number of hydrogen-bond acceptors (Lipinski definition) is 2. The normalized spacial score (nSPS) is 17.0. The molecular formula is C17H28N2O. The number of amides is 1. The first-order valence-corrected chi connectivity index (χ1v) is 7.62. The highest BCUT2D eigenvalue weighted by molar-refractivity contribution is 5.94. The van der Waals surface area contributed by atoms with E-state index in [9.17, 15) is 4.79 Å². The molecule has 1 amide bonds. The molecule has 1 aliphatic heterocycles. The van der Waals surface area contributed by atoms with Crippen molar-refractivity contribution in [3.63, 3.8) is 0 Å². The minimum Gasteiger partial charge on any atom is -0.339 e. The van der Waals surface area contributed by atoms with Gasteiger partial charge in [-0.2, -0.15) is 0 Å². The maximum absolute atomic E-state index is 12.4. The summed E-state index contributed by atoms with van der Waals surface area (Å²) >= 11 is 0. The number of anilines is 1. The van der Waals surface area contributed by atoms with E-state index in [1.165, 1.54) is 0 Å². The van der Waals surface area contributed by atoms with E-state index in [4.69, 9.17) is 0 Å². The van der Waals surface area contributed by atoms with Gasteiger partial charge in [0.15, 0.2) is 0 Å². The lowest BCUT2D eigenvalue weighted by Gasteiger charge is -2.43. The molecule has 1 saturated heterocycles. The Kier molecular flexibility index (Phi) is 5.61. The molecule has 0 aliphatic carbocycles. The molecule has 1 aromatic carbocycles. The smallest absolute Gasteiger partial charge is 0.247 e. The molecule has 20 heavy (non-hydrogen) atoms. The summed E-state index contributed by atoms with van der Waals surface area (Å²) in [6, 6.07) is 10.2. The van der Waals surface area contributed by atoms with Gasteiger partial charge in [0, 0.05) is 5.69 Å². The van der Waals surface area contributed by atoms with E-state index >= 15 is 0 Å². The summed E-state index contributed by atoms with van der Waals surface area (Å²) in [6.45, 7) is 13.1. The Morgan fingerprint density at radius 2 is 1.55 bits per heavy atom. The van der Waals surface area contributed by atoms with Crippen LogP contribution in [0.25, 0.3) is 0 Å². The minimum absolute atomic E-state index is 0.149. The summed E-state index contributed by atoms with van der Waals surface area (Å²) in [6.07, 6.45) is 0. The van der Waals surface area contributed by atoms with Crippen LogP contribution in [0.5, 0.6) is 0 Å². The van der Waals surface area contributed by atoms with Gasteiger partial charge in [-0.15, -0.1) is 0 Å². The van der Waals surface area contributed by atoms with Gasteiger partial charge < -0.3 is 10.2 Å². The monoisotopic (exact) mass is 276 g/mol. The van der Waals surface area contributed by atoms with Gasteiger partial charge in [0.1, 0.15) is 5.54 Å². The van der Waals surface area contributed by atoms with Crippen LogP contribution in [0.3, 0.4) is 0 Å². The topological polar surface area (TPSA) is 32.3 Å². The van der Waals surface area contributed by atoms with Crippen LogP contribution in [0.2, 0.25) is 0 Å². The van der Waals surface area contributed by atoms with Crippen LogP contribution in [0.1, 0.15) is 41.5 Å². The molecule has 0 unspecified atom stereocenters. The van der Waals surface area contributed by atoms with Crippen molar-refractivity contribution in [3.05, 3.63) is 30.3 Å². The molecule has 0 aromatic heterocycles. The van der Waals surface area contributed by atoms with Crippen molar-refractivity contribution >= 4 is 11.6 Å². The van der Waals surface area contributed by atoms with Crippen LogP contribution in [0.15, 0.2) is 30.3 Å². The summed E-state index contributed by atoms with van der Waals surface area (Å²) in [4.78, 5) is 14.6. The van der Waals surface area contributed by atoms with Crippen LogP contribution in [-0.2, 0) is 4.79 Å². The van der Waals surface area contributed by atoms with Crippen molar-refractivity contribution in [2.45, 2.75) is 47.1 Å². The molecule has 0 bridgehead atoms. The first-order valence-electron chi connectivity index (χ1n) is 7.62. The second-order valence-corrected chi connectivity index (χ2v) is 5.56. The number of hydrogen-bond donors (Lipinski definition) is 1. The average molecular weight is 276 g/mol. The number of rotatable bonds is 3. The predicted molar refractivity (Wildman–Crippen MR) is 85.7 cm³/mol. The van der Waals surface area contributed by atoms with Crippen molar-refractivity contribution in [1.29, 1.82) is 0 Å². The lowest BCUT2D eigenvalue weighted by atomic mass is 9.75.